The van der Waals surface area contributed by atoms with Crippen LogP contribution in [-0.2, 0) is 33.3 Å². The minimum atomic E-state index is -1.16. The van der Waals surface area contributed by atoms with Crippen molar-refractivity contribution in [1.82, 2.24) is 0 Å². The number of allylic oxidation sites excluding steroid dienone is 1. The van der Waals surface area contributed by atoms with Crippen molar-refractivity contribution in [3.05, 3.63) is 71.2 Å². The minimum Gasteiger partial charge on any atom is -0.472 e. The molecule has 0 bridgehead atoms. The monoisotopic (exact) mass is 592 g/mol. The molecule has 1 N–H and O–H groups in total. The van der Waals surface area contributed by atoms with Gasteiger partial charge in [-0.15, -0.1) is 0 Å². The van der Waals surface area contributed by atoms with E-state index < -0.39 is 66.0 Å². The fourth-order valence-corrected chi connectivity index (χ4v) is 8.38. The molecule has 10 heteroatoms. The molecule has 2 aromatic rings. The molecule has 6 rings (SSSR count). The van der Waals surface area contributed by atoms with Gasteiger partial charge in [-0.1, -0.05) is 23.8 Å². The van der Waals surface area contributed by atoms with Gasteiger partial charge in [0.15, 0.2) is 0 Å². The van der Waals surface area contributed by atoms with Crippen LogP contribution in [0.2, 0.25) is 0 Å². The molecule has 2 unspecified atom stereocenters. The fourth-order valence-electron chi connectivity index (χ4n) is 8.38. The van der Waals surface area contributed by atoms with Gasteiger partial charge in [-0.3, -0.25) is 9.59 Å². The first-order chi connectivity index (χ1) is 20.7. The van der Waals surface area contributed by atoms with Crippen molar-refractivity contribution < 1.29 is 47.6 Å². The Morgan fingerprint density at radius 2 is 1.84 bits per heavy atom. The van der Waals surface area contributed by atoms with E-state index in [1.807, 2.05) is 13.0 Å². The number of ether oxygens (including phenoxy) is 4. The Bertz CT molecular complexity index is 1400. The Balaban J connectivity index is 1.48. The maximum atomic E-state index is 13.3. The lowest BCUT2D eigenvalue weighted by Crippen LogP contribution is -2.63. The van der Waals surface area contributed by atoms with E-state index in [-0.39, 0.29) is 30.8 Å². The molecule has 1 aromatic heterocycles. The molecule has 1 aliphatic heterocycles. The predicted molar refractivity (Wildman–Crippen MR) is 149 cm³/mol. The summed E-state index contributed by atoms with van der Waals surface area (Å²) in [6.07, 6.45) is 0.711. The van der Waals surface area contributed by atoms with Crippen LogP contribution in [0.3, 0.4) is 0 Å². The molecule has 0 radical (unpaired) electrons. The Kier molecular flexibility index (Phi) is 8.00. The summed E-state index contributed by atoms with van der Waals surface area (Å²) in [5, 5.41) is 11.2. The van der Waals surface area contributed by atoms with Crippen molar-refractivity contribution in [3.8, 4) is 0 Å². The highest BCUT2D eigenvalue weighted by atomic mass is 16.6. The maximum absolute atomic E-state index is 13.3. The molecule has 11 atom stereocenters. The quantitative estimate of drug-likeness (QED) is 0.220. The van der Waals surface area contributed by atoms with E-state index in [2.05, 4.69) is 0 Å². The summed E-state index contributed by atoms with van der Waals surface area (Å²) in [6.45, 7) is 3.34. The lowest BCUT2D eigenvalue weighted by atomic mass is 9.53. The molecular weight excluding hydrogens is 556 g/mol. The van der Waals surface area contributed by atoms with Gasteiger partial charge in [0.1, 0.15) is 24.6 Å². The lowest BCUT2D eigenvalue weighted by Gasteiger charge is -2.55. The van der Waals surface area contributed by atoms with E-state index in [4.69, 9.17) is 23.4 Å². The Hall–Kier alpha value is -3.76. The van der Waals surface area contributed by atoms with Gasteiger partial charge >= 0.3 is 17.9 Å². The van der Waals surface area contributed by atoms with E-state index in [9.17, 15) is 24.3 Å². The highest BCUT2D eigenvalue weighted by Gasteiger charge is 2.65. The van der Waals surface area contributed by atoms with Gasteiger partial charge < -0.3 is 33.3 Å². The molecule has 3 fully saturated rings. The lowest BCUT2D eigenvalue weighted by molar-refractivity contribution is -0.211. The number of fused-ring (bicyclic) bond motifs is 4. The zero-order valence-electron chi connectivity index (χ0n) is 24.3. The van der Waals surface area contributed by atoms with Crippen molar-refractivity contribution in [2.45, 2.75) is 69.5 Å². The SMILES string of the molecule is COC(=O)C[C@@H]1C2[C@H]([C@H](C=O)[C@H](O)C[C@@H]2OC(=O)c2ccccc2)[C@@H](OC(C)=O)[C@H]2O[C@@H]3C[C@@H](c4ccoc4)C(C)=C3C12. The first kappa shape index (κ1) is 29.3. The van der Waals surface area contributed by atoms with Crippen molar-refractivity contribution in [3.63, 3.8) is 0 Å². The molecule has 1 aromatic carbocycles. The van der Waals surface area contributed by atoms with Gasteiger partial charge in [-0.05, 0) is 48.6 Å². The molecule has 228 valence electrons. The average molecular weight is 593 g/mol. The molecule has 3 aliphatic carbocycles. The first-order valence-corrected chi connectivity index (χ1v) is 14.7. The van der Waals surface area contributed by atoms with Crippen LogP contribution in [0.4, 0.5) is 0 Å². The summed E-state index contributed by atoms with van der Waals surface area (Å²) >= 11 is 0. The minimum absolute atomic E-state index is 0.00897. The summed E-state index contributed by atoms with van der Waals surface area (Å²) in [5.41, 5.74) is 3.48. The van der Waals surface area contributed by atoms with Gasteiger partial charge in [0.05, 0.1) is 37.4 Å². The Labute approximate surface area is 249 Å². The second-order valence-corrected chi connectivity index (χ2v) is 12.1. The van der Waals surface area contributed by atoms with Crippen LogP contribution in [0, 0.1) is 29.6 Å². The van der Waals surface area contributed by atoms with Crippen LogP contribution in [-0.4, -0.2) is 66.9 Å². The highest BCUT2D eigenvalue weighted by Crippen LogP contribution is 2.61. The molecule has 43 heavy (non-hydrogen) atoms. The molecule has 2 heterocycles. The zero-order valence-corrected chi connectivity index (χ0v) is 24.3. The smallest absolute Gasteiger partial charge is 0.338 e. The number of aliphatic hydroxyl groups is 1. The molecule has 0 spiro atoms. The Morgan fingerprint density at radius 3 is 2.49 bits per heavy atom. The molecule has 10 nitrogen and oxygen atoms in total. The third-order valence-electron chi connectivity index (χ3n) is 10.0. The zero-order chi connectivity index (χ0) is 30.4. The average Bonchev–Trinajstić information content (AvgIpc) is 3.72. The standard InChI is InChI=1S/C33H36O10/c1-16-20(19-9-10-40-15-19)11-24-27(16)29-21(12-26(37)39-3)28-25(43-33(38)18-7-5-4-6-8-18)13-23(36)22(14-34)30(28)31(32(29)42-24)41-17(2)35/h4-10,14-15,20-25,28-32,36H,11-13H2,1-3H3/t20-,21-,22-,23-,24-,25+,28?,29?,30+,31-,32+/m1/s1. The van der Waals surface area contributed by atoms with Gasteiger partial charge in [0, 0.05) is 49.4 Å². The van der Waals surface area contributed by atoms with Crippen molar-refractivity contribution >= 4 is 24.2 Å². The van der Waals surface area contributed by atoms with Crippen LogP contribution in [0.15, 0.2) is 64.5 Å². The van der Waals surface area contributed by atoms with Gasteiger partial charge in [-0.25, -0.2) is 4.79 Å². The molecular formula is C33H36O10. The second-order valence-electron chi connectivity index (χ2n) is 12.1. The van der Waals surface area contributed by atoms with Crippen LogP contribution in [0.25, 0.3) is 0 Å². The van der Waals surface area contributed by atoms with E-state index in [1.165, 1.54) is 14.0 Å². The topological polar surface area (TPSA) is 139 Å². The molecule has 4 aliphatic rings. The van der Waals surface area contributed by atoms with Crippen LogP contribution in [0.1, 0.15) is 54.9 Å². The van der Waals surface area contributed by atoms with E-state index in [0.717, 1.165) is 16.7 Å². The number of furan rings is 1. The van der Waals surface area contributed by atoms with E-state index in [1.54, 1.807) is 42.9 Å². The van der Waals surface area contributed by atoms with E-state index >= 15 is 0 Å². The second kappa shape index (κ2) is 11.7. The van der Waals surface area contributed by atoms with Gasteiger partial charge in [0.25, 0.3) is 0 Å². The highest BCUT2D eigenvalue weighted by molar-refractivity contribution is 5.89. The van der Waals surface area contributed by atoms with Crippen molar-refractivity contribution in [2.75, 3.05) is 7.11 Å². The predicted octanol–water partition coefficient (Wildman–Crippen LogP) is 3.63. The van der Waals surface area contributed by atoms with Crippen molar-refractivity contribution in [2.24, 2.45) is 29.6 Å². The number of aliphatic hydroxyl groups excluding tert-OH is 1. The van der Waals surface area contributed by atoms with Gasteiger partial charge in [-0.2, -0.15) is 0 Å². The number of methoxy groups -OCH3 is 1. The number of carbonyl (C=O) groups is 4. The molecule has 0 amide bonds. The largest absolute Gasteiger partial charge is 0.472 e. The molecule has 2 saturated carbocycles. The van der Waals surface area contributed by atoms with E-state index in [0.29, 0.717) is 18.3 Å². The number of hydrogen-bond donors (Lipinski definition) is 1. The van der Waals surface area contributed by atoms with Crippen LogP contribution in [0.5, 0.6) is 0 Å². The first-order valence-electron chi connectivity index (χ1n) is 14.7. The fraction of sp³-hybridized carbons (Fsp3) is 0.515. The normalized spacial score (nSPS) is 36.2. The Morgan fingerprint density at radius 1 is 1.07 bits per heavy atom. The third kappa shape index (κ3) is 5.10. The maximum Gasteiger partial charge on any atom is 0.338 e. The number of hydrogen-bond acceptors (Lipinski definition) is 10. The summed E-state index contributed by atoms with van der Waals surface area (Å²) < 4.78 is 29.2. The summed E-state index contributed by atoms with van der Waals surface area (Å²) in [4.78, 5) is 51.4. The van der Waals surface area contributed by atoms with Gasteiger partial charge in [0.2, 0.25) is 0 Å². The molecule has 1 saturated heterocycles. The summed E-state index contributed by atoms with van der Waals surface area (Å²) in [6, 6.07) is 10.4. The summed E-state index contributed by atoms with van der Waals surface area (Å²) in [5.74, 6) is -4.74. The number of benzene rings is 1. The summed E-state index contributed by atoms with van der Waals surface area (Å²) in [7, 11) is 1.32. The van der Waals surface area contributed by atoms with Crippen LogP contribution >= 0.6 is 0 Å². The third-order valence-corrected chi connectivity index (χ3v) is 10.0. The number of esters is 3. The van der Waals surface area contributed by atoms with Crippen molar-refractivity contribution in [1.29, 1.82) is 0 Å². The van der Waals surface area contributed by atoms with Crippen LogP contribution < -0.4 is 0 Å². The number of rotatable bonds is 7. The number of aldehydes is 1. The number of carbonyl (C=O) groups excluding carboxylic acids is 4.